The number of rotatable bonds is 7. The summed E-state index contributed by atoms with van der Waals surface area (Å²) in [6.45, 7) is 6.89. The number of aryl methyl sites for hydroxylation is 2. The molecule has 2 aromatic rings. The normalized spacial score (nSPS) is 10.5. The van der Waals surface area contributed by atoms with E-state index in [-0.39, 0.29) is 6.10 Å². The molecule has 0 aliphatic heterocycles. The van der Waals surface area contributed by atoms with Gasteiger partial charge in [-0.05, 0) is 75.2 Å². The number of nitrogens with zero attached hydrogens (tertiary/aromatic N) is 1. The zero-order valence-corrected chi connectivity index (χ0v) is 15.3. The number of hydrogen-bond donors (Lipinski definition) is 2. The van der Waals surface area contributed by atoms with Crippen molar-refractivity contribution in [3.05, 3.63) is 53.7 Å². The Balaban J connectivity index is 1.66. The molecule has 0 saturated heterocycles. The number of anilines is 1. The topological polar surface area (TPSA) is 46.2 Å². The Morgan fingerprint density at radius 1 is 1.17 bits per heavy atom. The van der Waals surface area contributed by atoms with Crippen molar-refractivity contribution in [1.82, 2.24) is 10.3 Å². The van der Waals surface area contributed by atoms with Crippen LogP contribution in [-0.2, 0) is 6.42 Å². The largest absolute Gasteiger partial charge is 0.491 e. The molecule has 2 N–H and O–H groups in total. The summed E-state index contributed by atoms with van der Waals surface area (Å²) in [6.07, 6.45) is 4.03. The van der Waals surface area contributed by atoms with Gasteiger partial charge in [-0.2, -0.15) is 0 Å². The Labute approximate surface area is 149 Å². The Morgan fingerprint density at radius 3 is 2.54 bits per heavy atom. The first kappa shape index (κ1) is 18.2. The minimum atomic E-state index is 0.205. The third-order valence-corrected chi connectivity index (χ3v) is 3.62. The van der Waals surface area contributed by atoms with E-state index in [4.69, 9.17) is 17.0 Å². The van der Waals surface area contributed by atoms with Crippen LogP contribution in [0.5, 0.6) is 5.75 Å². The van der Waals surface area contributed by atoms with Crippen molar-refractivity contribution in [2.24, 2.45) is 0 Å². The highest BCUT2D eigenvalue weighted by atomic mass is 32.1. The van der Waals surface area contributed by atoms with Gasteiger partial charge in [-0.1, -0.05) is 18.2 Å². The van der Waals surface area contributed by atoms with E-state index in [1.165, 1.54) is 5.56 Å². The lowest BCUT2D eigenvalue weighted by atomic mass is 10.1. The van der Waals surface area contributed by atoms with Gasteiger partial charge in [-0.15, -0.1) is 0 Å². The summed E-state index contributed by atoms with van der Waals surface area (Å²) >= 11 is 5.28. The zero-order valence-electron chi connectivity index (χ0n) is 14.5. The van der Waals surface area contributed by atoms with Gasteiger partial charge >= 0.3 is 0 Å². The highest BCUT2D eigenvalue weighted by molar-refractivity contribution is 7.80. The molecule has 1 heterocycles. The van der Waals surface area contributed by atoms with Crippen LogP contribution in [0.3, 0.4) is 0 Å². The quantitative estimate of drug-likeness (QED) is 0.585. The van der Waals surface area contributed by atoms with Gasteiger partial charge in [0, 0.05) is 12.7 Å². The second kappa shape index (κ2) is 9.23. The van der Waals surface area contributed by atoms with Crippen LogP contribution >= 0.6 is 12.2 Å². The summed E-state index contributed by atoms with van der Waals surface area (Å²) in [4.78, 5) is 4.27. The summed E-state index contributed by atoms with van der Waals surface area (Å²) < 4.78 is 5.65. The van der Waals surface area contributed by atoms with Crippen LogP contribution in [0.1, 0.15) is 31.4 Å². The number of thiocarbonyl (C=S) groups is 1. The molecule has 128 valence electrons. The van der Waals surface area contributed by atoms with E-state index in [2.05, 4.69) is 27.8 Å². The lowest BCUT2D eigenvalue weighted by molar-refractivity contribution is 0.242. The Morgan fingerprint density at radius 2 is 1.92 bits per heavy atom. The van der Waals surface area contributed by atoms with Crippen molar-refractivity contribution in [3.63, 3.8) is 0 Å². The van der Waals surface area contributed by atoms with Gasteiger partial charge in [0.15, 0.2) is 5.11 Å². The van der Waals surface area contributed by atoms with Crippen molar-refractivity contribution >= 4 is 23.1 Å². The van der Waals surface area contributed by atoms with E-state index in [0.717, 1.165) is 36.5 Å². The summed E-state index contributed by atoms with van der Waals surface area (Å²) in [6, 6.07) is 12.2. The first-order valence-corrected chi connectivity index (χ1v) is 8.67. The SMILES string of the molecule is Cc1ccc(NC(=S)NCCCc2ccc(OC(C)C)cc2)nc1. The number of hydrogen-bond acceptors (Lipinski definition) is 3. The molecule has 5 heteroatoms. The molecule has 0 amide bonds. The average Bonchev–Trinajstić information content (AvgIpc) is 2.55. The van der Waals surface area contributed by atoms with Crippen molar-refractivity contribution in [2.45, 2.75) is 39.7 Å². The van der Waals surface area contributed by atoms with E-state index in [0.29, 0.717) is 5.11 Å². The lowest BCUT2D eigenvalue weighted by Gasteiger charge is -2.11. The highest BCUT2D eigenvalue weighted by Crippen LogP contribution is 2.14. The lowest BCUT2D eigenvalue weighted by Crippen LogP contribution is -2.29. The second-order valence-corrected chi connectivity index (χ2v) is 6.42. The van der Waals surface area contributed by atoms with Crippen molar-refractivity contribution in [2.75, 3.05) is 11.9 Å². The monoisotopic (exact) mass is 343 g/mol. The van der Waals surface area contributed by atoms with E-state index >= 15 is 0 Å². The molecule has 0 atom stereocenters. The first-order valence-electron chi connectivity index (χ1n) is 8.26. The molecule has 1 aromatic heterocycles. The van der Waals surface area contributed by atoms with E-state index in [1.807, 2.05) is 51.2 Å². The predicted molar refractivity (Wildman–Crippen MR) is 104 cm³/mol. The third-order valence-electron chi connectivity index (χ3n) is 3.38. The van der Waals surface area contributed by atoms with E-state index in [1.54, 1.807) is 0 Å². The Bertz CT molecular complexity index is 639. The van der Waals surface area contributed by atoms with Crippen LogP contribution in [0.25, 0.3) is 0 Å². The number of benzene rings is 1. The number of pyridine rings is 1. The molecule has 0 aliphatic rings. The molecule has 0 spiro atoms. The fraction of sp³-hybridized carbons (Fsp3) is 0.368. The molecular formula is C19H25N3OS. The van der Waals surface area contributed by atoms with Crippen molar-refractivity contribution in [3.8, 4) is 5.75 Å². The fourth-order valence-corrected chi connectivity index (χ4v) is 2.41. The second-order valence-electron chi connectivity index (χ2n) is 6.02. The van der Waals surface area contributed by atoms with Gasteiger partial charge < -0.3 is 15.4 Å². The molecule has 4 nitrogen and oxygen atoms in total. The predicted octanol–water partition coefficient (Wildman–Crippen LogP) is 4.10. The molecule has 0 bridgehead atoms. The van der Waals surface area contributed by atoms with Crippen LogP contribution < -0.4 is 15.4 Å². The number of nitrogens with one attached hydrogen (secondary N) is 2. The smallest absolute Gasteiger partial charge is 0.171 e. The van der Waals surface area contributed by atoms with Gasteiger partial charge in [0.2, 0.25) is 0 Å². The van der Waals surface area contributed by atoms with Crippen LogP contribution in [0, 0.1) is 6.92 Å². The van der Waals surface area contributed by atoms with Crippen LogP contribution in [0.2, 0.25) is 0 Å². The molecule has 0 aliphatic carbocycles. The van der Waals surface area contributed by atoms with Crippen molar-refractivity contribution < 1.29 is 4.74 Å². The van der Waals surface area contributed by atoms with Gasteiger partial charge in [-0.25, -0.2) is 4.98 Å². The standard InChI is InChI=1S/C19H25N3OS/c1-14(2)23-17-9-7-16(8-10-17)5-4-12-20-19(24)22-18-11-6-15(3)13-21-18/h6-11,13-14H,4-5,12H2,1-3H3,(H2,20,21,22,24). The molecule has 0 saturated carbocycles. The number of aromatic nitrogens is 1. The van der Waals surface area contributed by atoms with Gasteiger partial charge in [-0.3, -0.25) is 0 Å². The summed E-state index contributed by atoms with van der Waals surface area (Å²) in [5, 5.41) is 6.90. The van der Waals surface area contributed by atoms with Gasteiger partial charge in [0.25, 0.3) is 0 Å². The van der Waals surface area contributed by atoms with Gasteiger partial charge in [0.1, 0.15) is 11.6 Å². The van der Waals surface area contributed by atoms with Crippen LogP contribution in [0.4, 0.5) is 5.82 Å². The summed E-state index contributed by atoms with van der Waals surface area (Å²) in [5.41, 5.74) is 2.43. The van der Waals surface area contributed by atoms with E-state index in [9.17, 15) is 0 Å². The fourth-order valence-electron chi connectivity index (χ4n) is 2.20. The third kappa shape index (κ3) is 6.54. The molecule has 0 radical (unpaired) electrons. The van der Waals surface area contributed by atoms with Crippen LogP contribution in [-0.4, -0.2) is 22.7 Å². The summed E-state index contributed by atoms with van der Waals surface area (Å²) in [5.74, 6) is 1.68. The van der Waals surface area contributed by atoms with Gasteiger partial charge in [0.05, 0.1) is 6.10 Å². The van der Waals surface area contributed by atoms with Crippen LogP contribution in [0.15, 0.2) is 42.6 Å². The maximum Gasteiger partial charge on any atom is 0.171 e. The first-order chi connectivity index (χ1) is 11.5. The Hall–Kier alpha value is -2.14. The molecule has 2 rings (SSSR count). The average molecular weight is 343 g/mol. The minimum Gasteiger partial charge on any atom is -0.491 e. The van der Waals surface area contributed by atoms with E-state index < -0.39 is 0 Å². The molecule has 0 fully saturated rings. The molecular weight excluding hydrogens is 318 g/mol. The molecule has 1 aromatic carbocycles. The Kier molecular flexibility index (Phi) is 7.00. The van der Waals surface area contributed by atoms with Crippen molar-refractivity contribution in [1.29, 1.82) is 0 Å². The maximum atomic E-state index is 5.65. The zero-order chi connectivity index (χ0) is 17.4. The summed E-state index contributed by atoms with van der Waals surface area (Å²) in [7, 11) is 0. The molecule has 24 heavy (non-hydrogen) atoms. The molecule has 0 unspecified atom stereocenters. The highest BCUT2D eigenvalue weighted by Gasteiger charge is 2.00. The number of ether oxygens (including phenoxy) is 1. The minimum absolute atomic E-state index is 0.205. The maximum absolute atomic E-state index is 5.65.